The molecule has 0 amide bonds. The van der Waals surface area contributed by atoms with Crippen LogP contribution < -0.4 is 4.74 Å². The zero-order valence-electron chi connectivity index (χ0n) is 15.9. The summed E-state index contributed by atoms with van der Waals surface area (Å²) < 4.78 is 25.5. The van der Waals surface area contributed by atoms with Gasteiger partial charge in [0, 0.05) is 22.3 Å². The van der Waals surface area contributed by atoms with Crippen molar-refractivity contribution in [3.63, 3.8) is 0 Å². The molecule has 0 unspecified atom stereocenters. The Morgan fingerprint density at radius 1 is 1.33 bits per heavy atom. The van der Waals surface area contributed by atoms with Crippen LogP contribution in [-0.4, -0.2) is 28.3 Å². The van der Waals surface area contributed by atoms with Gasteiger partial charge in [-0.3, -0.25) is 9.78 Å². The first-order chi connectivity index (χ1) is 14.3. The second-order valence-electron chi connectivity index (χ2n) is 7.32. The van der Waals surface area contributed by atoms with Gasteiger partial charge >= 0.3 is 5.97 Å². The molecule has 4 atom stereocenters. The van der Waals surface area contributed by atoms with E-state index in [1.807, 2.05) is 12.1 Å². The molecular weight excluding hydrogens is 419 g/mol. The van der Waals surface area contributed by atoms with E-state index in [2.05, 4.69) is 9.82 Å². The molecule has 1 fully saturated rings. The summed E-state index contributed by atoms with van der Waals surface area (Å²) in [6, 6.07) is 7.22. The highest BCUT2D eigenvalue weighted by Gasteiger charge is 2.42. The highest BCUT2D eigenvalue weighted by molar-refractivity contribution is 6.30. The van der Waals surface area contributed by atoms with Crippen LogP contribution >= 0.6 is 11.6 Å². The van der Waals surface area contributed by atoms with Crippen molar-refractivity contribution in [2.75, 3.05) is 0 Å². The third kappa shape index (κ3) is 3.95. The summed E-state index contributed by atoms with van der Waals surface area (Å²) in [5.74, 6) is -1.22. The number of carbonyl (C=O) groups excluding carboxylic acids is 1. The number of aromatic nitrogens is 1. The second-order valence-corrected chi connectivity index (χ2v) is 7.76. The van der Waals surface area contributed by atoms with Crippen molar-refractivity contribution in [1.29, 1.82) is 0 Å². The van der Waals surface area contributed by atoms with Crippen LogP contribution in [0.2, 0.25) is 5.02 Å². The quantitative estimate of drug-likeness (QED) is 0.398. The molecule has 10 heteroatoms. The molecule has 1 aliphatic carbocycles. The third-order valence-corrected chi connectivity index (χ3v) is 5.64. The average molecular weight is 437 g/mol. The Labute approximate surface area is 176 Å². The number of aryl methyl sites for hydroxylation is 1. The van der Waals surface area contributed by atoms with Gasteiger partial charge in [-0.05, 0) is 37.5 Å². The standard InChI is InChI=1S/C20H18ClFN2O6/c1-10-18(29-20(25)12-6-16(22)17(7-12)30-24(26)27)15-9-28-19(14(15)8-23-10)11-2-4-13(21)5-3-11/h2-5,8,12,16-17,19H,6-7,9H2,1H3/t12-,16+,17+,19-/m0/s1. The van der Waals surface area contributed by atoms with E-state index in [0.717, 1.165) is 11.1 Å². The summed E-state index contributed by atoms with van der Waals surface area (Å²) in [6.45, 7) is 1.92. The maximum absolute atomic E-state index is 14.0. The van der Waals surface area contributed by atoms with Crippen molar-refractivity contribution < 1.29 is 28.6 Å². The molecule has 8 nitrogen and oxygen atoms in total. The fourth-order valence-electron chi connectivity index (χ4n) is 3.88. The first kappa shape index (κ1) is 20.5. The van der Waals surface area contributed by atoms with Gasteiger partial charge in [-0.25, -0.2) is 4.39 Å². The highest BCUT2D eigenvalue weighted by Crippen LogP contribution is 2.41. The van der Waals surface area contributed by atoms with E-state index < -0.39 is 29.2 Å². The molecule has 2 aliphatic rings. The minimum atomic E-state index is -1.61. The maximum Gasteiger partial charge on any atom is 0.314 e. The predicted octanol–water partition coefficient (Wildman–Crippen LogP) is 3.89. The van der Waals surface area contributed by atoms with Crippen molar-refractivity contribution in [3.8, 4) is 5.75 Å². The van der Waals surface area contributed by atoms with Crippen LogP contribution in [0.25, 0.3) is 0 Å². The van der Waals surface area contributed by atoms with Gasteiger partial charge in [0.1, 0.15) is 18.4 Å². The summed E-state index contributed by atoms with van der Waals surface area (Å²) in [5.41, 5.74) is 2.85. The lowest BCUT2D eigenvalue weighted by Gasteiger charge is -2.15. The van der Waals surface area contributed by atoms with Crippen molar-refractivity contribution in [1.82, 2.24) is 4.98 Å². The molecule has 158 valence electrons. The van der Waals surface area contributed by atoms with Crippen molar-refractivity contribution in [2.45, 2.75) is 44.8 Å². The van der Waals surface area contributed by atoms with Crippen LogP contribution in [0.3, 0.4) is 0 Å². The molecule has 30 heavy (non-hydrogen) atoms. The Hall–Kier alpha value is -2.78. The molecule has 1 aromatic carbocycles. The monoisotopic (exact) mass is 436 g/mol. The Morgan fingerprint density at radius 3 is 2.77 bits per heavy atom. The fourth-order valence-corrected chi connectivity index (χ4v) is 4.00. The molecule has 2 aromatic rings. The van der Waals surface area contributed by atoms with Crippen LogP contribution in [0.4, 0.5) is 4.39 Å². The molecule has 2 heterocycles. The van der Waals surface area contributed by atoms with Gasteiger partial charge < -0.3 is 14.3 Å². The van der Waals surface area contributed by atoms with E-state index >= 15 is 0 Å². The van der Waals surface area contributed by atoms with Crippen molar-refractivity contribution >= 4 is 17.6 Å². The number of pyridine rings is 1. The van der Waals surface area contributed by atoms with Crippen LogP contribution in [0.1, 0.15) is 41.3 Å². The predicted molar refractivity (Wildman–Crippen MR) is 102 cm³/mol. The molecule has 1 saturated carbocycles. The van der Waals surface area contributed by atoms with Gasteiger partial charge in [0.2, 0.25) is 0 Å². The number of nitrogens with zero attached hydrogens (tertiary/aromatic N) is 2. The number of alkyl halides is 1. The lowest BCUT2D eigenvalue weighted by atomic mass is 10.00. The number of ether oxygens (including phenoxy) is 2. The normalized spacial score (nSPS) is 25.0. The maximum atomic E-state index is 14.0. The number of carbonyl (C=O) groups is 1. The van der Waals surface area contributed by atoms with Gasteiger partial charge in [0.15, 0.2) is 5.75 Å². The summed E-state index contributed by atoms with van der Waals surface area (Å²) in [4.78, 5) is 31.8. The molecule has 1 aliphatic heterocycles. The first-order valence-electron chi connectivity index (χ1n) is 9.36. The van der Waals surface area contributed by atoms with E-state index in [4.69, 9.17) is 21.1 Å². The molecule has 1 aromatic heterocycles. The molecule has 0 bridgehead atoms. The number of benzene rings is 1. The Bertz CT molecular complexity index is 986. The van der Waals surface area contributed by atoms with Gasteiger partial charge in [-0.15, -0.1) is 10.1 Å². The van der Waals surface area contributed by atoms with E-state index in [1.165, 1.54) is 0 Å². The number of halogens is 2. The van der Waals surface area contributed by atoms with E-state index in [9.17, 15) is 19.3 Å². The van der Waals surface area contributed by atoms with Crippen LogP contribution in [0.15, 0.2) is 30.5 Å². The van der Waals surface area contributed by atoms with Crippen LogP contribution in [-0.2, 0) is 21.0 Å². The molecule has 0 saturated heterocycles. The molecule has 4 rings (SSSR count). The second kappa shape index (κ2) is 8.16. The van der Waals surface area contributed by atoms with E-state index in [-0.39, 0.29) is 31.3 Å². The van der Waals surface area contributed by atoms with E-state index in [1.54, 1.807) is 25.3 Å². The first-order valence-corrected chi connectivity index (χ1v) is 9.73. The third-order valence-electron chi connectivity index (χ3n) is 5.39. The molecule has 0 spiro atoms. The molecule has 0 N–H and O–H groups in total. The lowest BCUT2D eigenvalue weighted by molar-refractivity contribution is -0.769. The van der Waals surface area contributed by atoms with Gasteiger partial charge in [0.05, 0.1) is 18.2 Å². The minimum Gasteiger partial charge on any atom is -0.424 e. The smallest absolute Gasteiger partial charge is 0.314 e. The Morgan fingerprint density at radius 2 is 2.07 bits per heavy atom. The SMILES string of the molecule is Cc1ncc2c(c1OC(=O)[C@H]1C[C@@H](F)[C@H](O[N+](=O)[O-])C1)CO[C@H]2c1ccc(Cl)cc1. The minimum absolute atomic E-state index is 0.119. The summed E-state index contributed by atoms with van der Waals surface area (Å²) in [7, 11) is 0. The summed E-state index contributed by atoms with van der Waals surface area (Å²) in [5, 5.41) is 10.0. The van der Waals surface area contributed by atoms with Crippen molar-refractivity contribution in [3.05, 3.63) is 68.0 Å². The number of rotatable bonds is 5. The van der Waals surface area contributed by atoms with Gasteiger partial charge in [0.25, 0.3) is 5.09 Å². The van der Waals surface area contributed by atoms with Gasteiger partial charge in [-0.1, -0.05) is 23.7 Å². The fraction of sp³-hybridized carbons (Fsp3) is 0.400. The molecular formula is C20H18ClFN2O6. The van der Waals surface area contributed by atoms with E-state index in [0.29, 0.717) is 16.3 Å². The largest absolute Gasteiger partial charge is 0.424 e. The average Bonchev–Trinajstić information content (AvgIpc) is 3.28. The van der Waals surface area contributed by atoms with Crippen LogP contribution in [0, 0.1) is 23.0 Å². The van der Waals surface area contributed by atoms with Gasteiger partial charge in [-0.2, -0.15) is 0 Å². The zero-order valence-corrected chi connectivity index (χ0v) is 16.7. The topological polar surface area (TPSA) is 101 Å². The number of fused-ring (bicyclic) bond motifs is 1. The number of hydrogen-bond acceptors (Lipinski definition) is 7. The highest BCUT2D eigenvalue weighted by atomic mass is 35.5. The number of esters is 1. The van der Waals surface area contributed by atoms with Crippen LogP contribution in [0.5, 0.6) is 5.75 Å². The molecule has 0 radical (unpaired) electrons. The number of hydrogen-bond donors (Lipinski definition) is 0. The van der Waals surface area contributed by atoms with Crippen molar-refractivity contribution in [2.24, 2.45) is 5.92 Å². The summed E-state index contributed by atoms with van der Waals surface area (Å²) in [6.07, 6.45) is -1.87. The lowest BCUT2D eigenvalue weighted by Crippen LogP contribution is -2.23. The summed E-state index contributed by atoms with van der Waals surface area (Å²) >= 11 is 5.95. The Kier molecular flexibility index (Phi) is 5.57. The zero-order chi connectivity index (χ0) is 21.4. The Balaban J connectivity index is 1.54.